The van der Waals surface area contributed by atoms with E-state index in [0.717, 1.165) is 19.4 Å². The Labute approximate surface area is 96.8 Å². The monoisotopic (exact) mass is 230 g/mol. The first kappa shape index (κ1) is 13.3. The number of nitrogens with one attached hydrogen (secondary N) is 1. The Morgan fingerprint density at radius 1 is 1.62 bits per heavy atom. The van der Waals surface area contributed by atoms with Crippen LogP contribution >= 0.6 is 0 Å². The highest BCUT2D eigenvalue weighted by Crippen LogP contribution is 2.08. The van der Waals surface area contributed by atoms with Crippen molar-refractivity contribution < 1.29 is 14.6 Å². The van der Waals surface area contributed by atoms with Gasteiger partial charge in [0.15, 0.2) is 0 Å². The molecule has 1 atom stereocenters. The number of ether oxygens (including phenoxy) is 1. The summed E-state index contributed by atoms with van der Waals surface area (Å²) in [7, 11) is 0. The zero-order chi connectivity index (χ0) is 12.0. The fourth-order valence-corrected chi connectivity index (χ4v) is 1.83. The predicted octanol–water partition coefficient (Wildman–Crippen LogP) is 0.578. The van der Waals surface area contributed by atoms with Crippen LogP contribution in [0, 0.1) is 0 Å². The van der Waals surface area contributed by atoms with Crippen LogP contribution in [0.25, 0.3) is 0 Å². The summed E-state index contributed by atoms with van der Waals surface area (Å²) in [5, 5.41) is 12.2. The standard InChI is InChI=1S/C11H22N2O3/c1-9(2)16-11(15)13(6-7-14)8-10-4-3-5-12-10/h9-10,12,14H,3-8H2,1-2H3. The molecule has 0 aromatic carbocycles. The van der Waals surface area contributed by atoms with E-state index in [2.05, 4.69) is 5.32 Å². The molecule has 0 aliphatic carbocycles. The van der Waals surface area contributed by atoms with E-state index in [1.807, 2.05) is 13.8 Å². The van der Waals surface area contributed by atoms with E-state index in [0.29, 0.717) is 19.1 Å². The van der Waals surface area contributed by atoms with Gasteiger partial charge in [0, 0.05) is 19.1 Å². The van der Waals surface area contributed by atoms with E-state index in [9.17, 15) is 4.79 Å². The number of carbonyl (C=O) groups is 1. The van der Waals surface area contributed by atoms with Crippen molar-refractivity contribution in [3.8, 4) is 0 Å². The molecular weight excluding hydrogens is 208 g/mol. The van der Waals surface area contributed by atoms with Crippen molar-refractivity contribution in [1.82, 2.24) is 10.2 Å². The van der Waals surface area contributed by atoms with Crippen molar-refractivity contribution in [2.24, 2.45) is 0 Å². The zero-order valence-electron chi connectivity index (χ0n) is 10.1. The maximum absolute atomic E-state index is 11.7. The fourth-order valence-electron chi connectivity index (χ4n) is 1.83. The second kappa shape index (κ2) is 6.70. The lowest BCUT2D eigenvalue weighted by molar-refractivity contribution is 0.0682. The van der Waals surface area contributed by atoms with E-state index in [4.69, 9.17) is 9.84 Å². The largest absolute Gasteiger partial charge is 0.447 e. The molecular formula is C11H22N2O3. The number of rotatable bonds is 5. The Morgan fingerprint density at radius 3 is 2.88 bits per heavy atom. The molecule has 5 nitrogen and oxygen atoms in total. The first-order chi connectivity index (χ1) is 7.63. The van der Waals surface area contributed by atoms with Gasteiger partial charge in [0.25, 0.3) is 0 Å². The molecule has 1 aliphatic heterocycles. The van der Waals surface area contributed by atoms with Gasteiger partial charge < -0.3 is 20.1 Å². The maximum atomic E-state index is 11.7. The molecule has 1 unspecified atom stereocenters. The molecule has 1 aliphatic rings. The molecule has 0 aromatic heterocycles. The van der Waals surface area contributed by atoms with Gasteiger partial charge in [0.2, 0.25) is 0 Å². The number of aliphatic hydroxyl groups excluding tert-OH is 1. The van der Waals surface area contributed by atoms with Crippen LogP contribution in [-0.4, -0.2) is 54.5 Å². The smallest absolute Gasteiger partial charge is 0.410 e. The van der Waals surface area contributed by atoms with Gasteiger partial charge in [-0.15, -0.1) is 0 Å². The summed E-state index contributed by atoms with van der Waals surface area (Å²) in [6.45, 7) is 5.58. The van der Waals surface area contributed by atoms with Gasteiger partial charge in [-0.1, -0.05) is 0 Å². The van der Waals surface area contributed by atoms with Crippen LogP contribution in [0.4, 0.5) is 4.79 Å². The Hall–Kier alpha value is -0.810. The molecule has 0 radical (unpaired) electrons. The van der Waals surface area contributed by atoms with Crippen LogP contribution in [0.1, 0.15) is 26.7 Å². The minimum absolute atomic E-state index is 0.0279. The number of nitrogens with zero attached hydrogens (tertiary/aromatic N) is 1. The van der Waals surface area contributed by atoms with Gasteiger partial charge in [0.05, 0.1) is 12.7 Å². The first-order valence-corrected chi connectivity index (χ1v) is 5.93. The molecule has 16 heavy (non-hydrogen) atoms. The molecule has 0 aromatic rings. The third-order valence-electron chi connectivity index (χ3n) is 2.57. The number of hydrogen-bond donors (Lipinski definition) is 2. The molecule has 2 N–H and O–H groups in total. The van der Waals surface area contributed by atoms with E-state index < -0.39 is 0 Å². The molecule has 1 rings (SSSR count). The lowest BCUT2D eigenvalue weighted by Gasteiger charge is -2.25. The van der Waals surface area contributed by atoms with Crippen LogP contribution in [0.2, 0.25) is 0 Å². The third-order valence-corrected chi connectivity index (χ3v) is 2.57. The predicted molar refractivity (Wildman–Crippen MR) is 61.3 cm³/mol. The van der Waals surface area contributed by atoms with Crippen LogP contribution in [-0.2, 0) is 4.74 Å². The van der Waals surface area contributed by atoms with Gasteiger partial charge in [-0.05, 0) is 33.2 Å². The van der Waals surface area contributed by atoms with Crippen LogP contribution in [0.15, 0.2) is 0 Å². The van der Waals surface area contributed by atoms with Crippen molar-refractivity contribution in [3.05, 3.63) is 0 Å². The number of hydrogen-bond acceptors (Lipinski definition) is 4. The highest BCUT2D eigenvalue weighted by molar-refractivity contribution is 5.67. The molecule has 0 bridgehead atoms. The van der Waals surface area contributed by atoms with Gasteiger partial charge in [-0.3, -0.25) is 0 Å². The van der Waals surface area contributed by atoms with Crippen LogP contribution < -0.4 is 5.32 Å². The summed E-state index contributed by atoms with van der Waals surface area (Å²) < 4.78 is 5.12. The van der Waals surface area contributed by atoms with Crippen molar-refractivity contribution >= 4 is 6.09 Å². The molecule has 94 valence electrons. The molecule has 0 saturated carbocycles. The number of aliphatic hydroxyl groups is 1. The van der Waals surface area contributed by atoms with E-state index >= 15 is 0 Å². The number of amides is 1. The highest BCUT2D eigenvalue weighted by atomic mass is 16.6. The Morgan fingerprint density at radius 2 is 2.38 bits per heavy atom. The average Bonchev–Trinajstić information content (AvgIpc) is 2.68. The topological polar surface area (TPSA) is 61.8 Å². The average molecular weight is 230 g/mol. The van der Waals surface area contributed by atoms with Gasteiger partial charge in [0.1, 0.15) is 0 Å². The molecule has 0 spiro atoms. The van der Waals surface area contributed by atoms with E-state index in [1.54, 1.807) is 4.90 Å². The quantitative estimate of drug-likeness (QED) is 0.725. The third kappa shape index (κ3) is 4.37. The second-order valence-electron chi connectivity index (χ2n) is 4.40. The summed E-state index contributed by atoms with van der Waals surface area (Å²) in [5.74, 6) is 0. The molecule has 1 amide bonds. The Kier molecular flexibility index (Phi) is 5.55. The molecule has 1 heterocycles. The second-order valence-corrected chi connectivity index (χ2v) is 4.40. The molecule has 1 saturated heterocycles. The van der Waals surface area contributed by atoms with Crippen molar-refractivity contribution in [2.45, 2.75) is 38.8 Å². The molecule has 1 fully saturated rings. The van der Waals surface area contributed by atoms with Gasteiger partial charge in [-0.25, -0.2) is 4.79 Å². The lowest BCUT2D eigenvalue weighted by atomic mass is 10.2. The first-order valence-electron chi connectivity index (χ1n) is 5.93. The van der Waals surface area contributed by atoms with Crippen LogP contribution in [0.3, 0.4) is 0 Å². The SMILES string of the molecule is CC(C)OC(=O)N(CCO)CC1CCCN1. The maximum Gasteiger partial charge on any atom is 0.410 e. The minimum Gasteiger partial charge on any atom is -0.447 e. The summed E-state index contributed by atoms with van der Waals surface area (Å²) in [6.07, 6.45) is 1.77. The minimum atomic E-state index is -0.335. The normalized spacial score (nSPS) is 20.1. The fraction of sp³-hybridized carbons (Fsp3) is 0.909. The van der Waals surface area contributed by atoms with Gasteiger partial charge >= 0.3 is 6.09 Å². The zero-order valence-corrected chi connectivity index (χ0v) is 10.1. The highest BCUT2D eigenvalue weighted by Gasteiger charge is 2.22. The van der Waals surface area contributed by atoms with E-state index in [1.165, 1.54) is 0 Å². The van der Waals surface area contributed by atoms with Crippen LogP contribution in [0.5, 0.6) is 0 Å². The van der Waals surface area contributed by atoms with Crippen molar-refractivity contribution in [1.29, 1.82) is 0 Å². The van der Waals surface area contributed by atoms with Gasteiger partial charge in [-0.2, -0.15) is 0 Å². The summed E-state index contributed by atoms with van der Waals surface area (Å²) in [5.41, 5.74) is 0. The Bertz CT molecular complexity index is 215. The summed E-state index contributed by atoms with van der Waals surface area (Å²) in [4.78, 5) is 13.3. The van der Waals surface area contributed by atoms with Crippen molar-refractivity contribution in [3.63, 3.8) is 0 Å². The molecule has 5 heteroatoms. The summed E-state index contributed by atoms with van der Waals surface area (Å²) in [6, 6.07) is 0.339. The van der Waals surface area contributed by atoms with E-state index in [-0.39, 0.29) is 18.8 Å². The van der Waals surface area contributed by atoms with Crippen molar-refractivity contribution in [2.75, 3.05) is 26.2 Å². The Balaban J connectivity index is 2.41. The number of carbonyl (C=O) groups excluding carboxylic acids is 1. The lowest BCUT2D eigenvalue weighted by Crippen LogP contribution is -2.43. The summed E-state index contributed by atoms with van der Waals surface area (Å²) >= 11 is 0.